The number of rotatable bonds is 8. The molecule has 0 rings (SSSR count). The summed E-state index contributed by atoms with van der Waals surface area (Å²) >= 11 is 0. The first-order chi connectivity index (χ1) is 8.01. The third-order valence-corrected chi connectivity index (χ3v) is 2.57. The molecular formula is C12H25N3O2. The first kappa shape index (κ1) is 15.9. The van der Waals surface area contributed by atoms with E-state index in [2.05, 4.69) is 16.0 Å². The molecule has 0 saturated heterocycles. The first-order valence-electron chi connectivity index (χ1n) is 6.31. The van der Waals surface area contributed by atoms with Crippen LogP contribution in [0.3, 0.4) is 0 Å². The van der Waals surface area contributed by atoms with Gasteiger partial charge in [-0.3, -0.25) is 9.59 Å². The van der Waals surface area contributed by atoms with Gasteiger partial charge in [0.1, 0.15) is 0 Å². The summed E-state index contributed by atoms with van der Waals surface area (Å²) in [6.45, 7) is 8.84. The Morgan fingerprint density at radius 3 is 2.35 bits per heavy atom. The van der Waals surface area contributed by atoms with Crippen molar-refractivity contribution in [2.75, 3.05) is 13.1 Å². The van der Waals surface area contributed by atoms with Crippen molar-refractivity contribution in [3.05, 3.63) is 0 Å². The second-order valence-electron chi connectivity index (χ2n) is 4.20. The summed E-state index contributed by atoms with van der Waals surface area (Å²) in [6, 6.07) is -0.0754. The zero-order valence-electron chi connectivity index (χ0n) is 11.3. The standard InChI is InChI=1S/C12H25N3O2/c1-5-9(3)15-12(17)10(4)14-8-7-11(16)13-6-2/h9-10,14H,5-8H2,1-4H3,(H,13,16)(H,15,17). The predicted molar refractivity (Wildman–Crippen MR) is 68.7 cm³/mol. The van der Waals surface area contributed by atoms with E-state index >= 15 is 0 Å². The van der Waals surface area contributed by atoms with Crippen LogP contribution in [0.2, 0.25) is 0 Å². The van der Waals surface area contributed by atoms with Crippen LogP contribution in [0.15, 0.2) is 0 Å². The summed E-state index contributed by atoms with van der Waals surface area (Å²) in [5.74, 6) is -0.00946. The van der Waals surface area contributed by atoms with Crippen LogP contribution < -0.4 is 16.0 Å². The molecule has 5 nitrogen and oxygen atoms in total. The molecule has 100 valence electrons. The fourth-order valence-electron chi connectivity index (χ4n) is 1.25. The monoisotopic (exact) mass is 243 g/mol. The fraction of sp³-hybridized carbons (Fsp3) is 0.833. The van der Waals surface area contributed by atoms with Crippen LogP contribution in [-0.2, 0) is 9.59 Å². The number of hydrogen-bond acceptors (Lipinski definition) is 3. The van der Waals surface area contributed by atoms with Crippen LogP contribution in [0.25, 0.3) is 0 Å². The van der Waals surface area contributed by atoms with Crippen LogP contribution >= 0.6 is 0 Å². The zero-order chi connectivity index (χ0) is 13.3. The van der Waals surface area contributed by atoms with Crippen LogP contribution in [-0.4, -0.2) is 37.0 Å². The average molecular weight is 243 g/mol. The van der Waals surface area contributed by atoms with E-state index in [-0.39, 0.29) is 23.9 Å². The second kappa shape index (κ2) is 8.98. The largest absolute Gasteiger partial charge is 0.356 e. The molecule has 17 heavy (non-hydrogen) atoms. The van der Waals surface area contributed by atoms with Gasteiger partial charge >= 0.3 is 0 Å². The molecule has 2 amide bonds. The van der Waals surface area contributed by atoms with Crippen molar-refractivity contribution < 1.29 is 9.59 Å². The van der Waals surface area contributed by atoms with E-state index in [4.69, 9.17) is 0 Å². The van der Waals surface area contributed by atoms with Crippen molar-refractivity contribution in [1.82, 2.24) is 16.0 Å². The van der Waals surface area contributed by atoms with E-state index in [1.807, 2.05) is 20.8 Å². The lowest BCUT2D eigenvalue weighted by Gasteiger charge is -2.17. The summed E-state index contributed by atoms with van der Waals surface area (Å²) < 4.78 is 0. The first-order valence-corrected chi connectivity index (χ1v) is 6.31. The average Bonchev–Trinajstić information content (AvgIpc) is 2.28. The van der Waals surface area contributed by atoms with Crippen LogP contribution in [0.4, 0.5) is 0 Å². The molecule has 0 radical (unpaired) electrons. The Hall–Kier alpha value is -1.10. The summed E-state index contributed by atoms with van der Waals surface area (Å²) in [5, 5.41) is 8.63. The molecule has 5 heteroatoms. The summed E-state index contributed by atoms with van der Waals surface area (Å²) in [5.41, 5.74) is 0. The Balaban J connectivity index is 3.74. The van der Waals surface area contributed by atoms with Crippen LogP contribution in [0, 0.1) is 0 Å². The quantitative estimate of drug-likeness (QED) is 0.578. The van der Waals surface area contributed by atoms with Gasteiger partial charge in [0.25, 0.3) is 0 Å². The van der Waals surface area contributed by atoms with Crippen molar-refractivity contribution in [1.29, 1.82) is 0 Å². The van der Waals surface area contributed by atoms with Gasteiger partial charge in [-0.25, -0.2) is 0 Å². The molecule has 0 aliphatic carbocycles. The number of nitrogens with one attached hydrogen (secondary N) is 3. The van der Waals surface area contributed by atoms with Gasteiger partial charge in [0.15, 0.2) is 0 Å². The minimum absolute atomic E-state index is 0.00883. The van der Waals surface area contributed by atoms with Gasteiger partial charge < -0.3 is 16.0 Å². The van der Waals surface area contributed by atoms with Gasteiger partial charge in [-0.2, -0.15) is 0 Å². The van der Waals surface area contributed by atoms with Crippen molar-refractivity contribution in [2.45, 2.75) is 52.6 Å². The lowest BCUT2D eigenvalue weighted by Crippen LogP contribution is -2.46. The van der Waals surface area contributed by atoms with E-state index in [1.165, 1.54) is 0 Å². The van der Waals surface area contributed by atoms with E-state index in [0.29, 0.717) is 19.5 Å². The summed E-state index contributed by atoms with van der Waals surface area (Å²) in [7, 11) is 0. The SMILES string of the molecule is CCNC(=O)CCNC(C)C(=O)NC(C)CC. The number of hydrogen-bond donors (Lipinski definition) is 3. The van der Waals surface area contributed by atoms with Gasteiger partial charge in [-0.15, -0.1) is 0 Å². The smallest absolute Gasteiger partial charge is 0.237 e. The normalized spacial score (nSPS) is 13.9. The van der Waals surface area contributed by atoms with Crippen molar-refractivity contribution in [3.63, 3.8) is 0 Å². The van der Waals surface area contributed by atoms with Crippen molar-refractivity contribution in [3.8, 4) is 0 Å². The highest BCUT2D eigenvalue weighted by Gasteiger charge is 2.13. The lowest BCUT2D eigenvalue weighted by molar-refractivity contribution is -0.124. The van der Waals surface area contributed by atoms with Gasteiger partial charge in [0.05, 0.1) is 6.04 Å². The molecule has 3 N–H and O–H groups in total. The molecule has 0 spiro atoms. The van der Waals surface area contributed by atoms with E-state index < -0.39 is 0 Å². The molecule has 0 aliphatic rings. The second-order valence-corrected chi connectivity index (χ2v) is 4.20. The molecule has 2 atom stereocenters. The maximum absolute atomic E-state index is 11.6. The summed E-state index contributed by atoms with van der Waals surface area (Å²) in [6.07, 6.45) is 1.31. The van der Waals surface area contributed by atoms with E-state index in [0.717, 1.165) is 6.42 Å². The third-order valence-electron chi connectivity index (χ3n) is 2.57. The number of carbonyl (C=O) groups is 2. The number of amides is 2. The molecule has 0 fully saturated rings. The van der Waals surface area contributed by atoms with Gasteiger partial charge in [0, 0.05) is 25.6 Å². The topological polar surface area (TPSA) is 70.2 Å². The Morgan fingerprint density at radius 1 is 1.18 bits per heavy atom. The van der Waals surface area contributed by atoms with Gasteiger partial charge in [0.2, 0.25) is 11.8 Å². The molecule has 0 aromatic heterocycles. The van der Waals surface area contributed by atoms with Gasteiger partial charge in [-0.1, -0.05) is 6.92 Å². The maximum Gasteiger partial charge on any atom is 0.237 e. The van der Waals surface area contributed by atoms with E-state index in [9.17, 15) is 9.59 Å². The molecule has 0 heterocycles. The Bertz CT molecular complexity index is 244. The third kappa shape index (κ3) is 7.74. The Kier molecular flexibility index (Phi) is 8.40. The Morgan fingerprint density at radius 2 is 1.82 bits per heavy atom. The van der Waals surface area contributed by atoms with Gasteiger partial charge in [-0.05, 0) is 27.2 Å². The fourth-order valence-corrected chi connectivity index (χ4v) is 1.25. The molecule has 0 bridgehead atoms. The molecule has 0 aromatic carbocycles. The van der Waals surface area contributed by atoms with Crippen LogP contribution in [0.5, 0.6) is 0 Å². The minimum atomic E-state index is -0.265. The molecular weight excluding hydrogens is 218 g/mol. The van der Waals surface area contributed by atoms with Crippen LogP contribution in [0.1, 0.15) is 40.5 Å². The molecule has 0 aromatic rings. The highest BCUT2D eigenvalue weighted by atomic mass is 16.2. The zero-order valence-corrected chi connectivity index (χ0v) is 11.3. The highest BCUT2D eigenvalue weighted by molar-refractivity contribution is 5.81. The molecule has 0 saturated carbocycles. The maximum atomic E-state index is 11.6. The van der Waals surface area contributed by atoms with Crippen molar-refractivity contribution >= 4 is 11.8 Å². The summed E-state index contributed by atoms with van der Waals surface area (Å²) in [4.78, 5) is 22.8. The Labute approximate surface area is 104 Å². The predicted octanol–water partition coefficient (Wildman–Crippen LogP) is 0.405. The molecule has 2 unspecified atom stereocenters. The highest BCUT2D eigenvalue weighted by Crippen LogP contribution is 1.90. The molecule has 0 aliphatic heterocycles. The minimum Gasteiger partial charge on any atom is -0.356 e. The number of carbonyl (C=O) groups excluding carboxylic acids is 2. The van der Waals surface area contributed by atoms with Crippen molar-refractivity contribution in [2.24, 2.45) is 0 Å². The van der Waals surface area contributed by atoms with E-state index in [1.54, 1.807) is 6.92 Å². The lowest BCUT2D eigenvalue weighted by atomic mass is 10.2.